The monoisotopic (exact) mass is 236 g/mol. The van der Waals surface area contributed by atoms with Gasteiger partial charge in [-0.2, -0.15) is 0 Å². The van der Waals surface area contributed by atoms with Crippen molar-refractivity contribution in [2.24, 2.45) is 11.3 Å². The Hall–Kier alpha value is -0.570. The van der Waals surface area contributed by atoms with Crippen LogP contribution in [0.1, 0.15) is 52.9 Å². The summed E-state index contributed by atoms with van der Waals surface area (Å²) in [5.41, 5.74) is 0.282. The molecule has 3 heteroatoms. The van der Waals surface area contributed by atoms with Crippen LogP contribution < -0.4 is 5.32 Å². The van der Waals surface area contributed by atoms with E-state index in [9.17, 15) is 4.79 Å². The number of amides is 1. The van der Waals surface area contributed by atoms with Gasteiger partial charge in [-0.3, -0.25) is 10.1 Å². The highest BCUT2D eigenvalue weighted by molar-refractivity contribution is 5.89. The Bertz CT molecular complexity index is 344. The van der Waals surface area contributed by atoms with E-state index in [1.807, 2.05) is 0 Å². The molecule has 1 spiro atoms. The third-order valence-corrected chi connectivity index (χ3v) is 5.21. The minimum Gasteiger partial charge on any atom is -0.326 e. The highest BCUT2D eigenvalue weighted by Gasteiger charge is 2.54. The third-order valence-electron chi connectivity index (χ3n) is 5.21. The average molecular weight is 236 g/mol. The van der Waals surface area contributed by atoms with Crippen LogP contribution in [0.25, 0.3) is 0 Å². The lowest BCUT2D eigenvalue weighted by atomic mass is 9.98. The van der Waals surface area contributed by atoms with Gasteiger partial charge in [0.2, 0.25) is 5.91 Å². The SMILES string of the molecule is CC1NC2(CCCC2)C(=O)N1CC1CC1(C)C. The van der Waals surface area contributed by atoms with Crippen molar-refractivity contribution in [3.8, 4) is 0 Å². The fourth-order valence-corrected chi connectivity index (χ4v) is 3.69. The summed E-state index contributed by atoms with van der Waals surface area (Å²) in [5, 5.41) is 3.57. The fraction of sp³-hybridized carbons (Fsp3) is 0.929. The minimum atomic E-state index is -0.182. The topological polar surface area (TPSA) is 32.3 Å². The lowest BCUT2D eigenvalue weighted by Crippen LogP contribution is -2.44. The van der Waals surface area contributed by atoms with E-state index >= 15 is 0 Å². The second-order valence-electron chi connectivity index (χ2n) is 6.96. The first-order chi connectivity index (χ1) is 7.95. The summed E-state index contributed by atoms with van der Waals surface area (Å²) >= 11 is 0. The zero-order valence-corrected chi connectivity index (χ0v) is 11.3. The molecule has 1 N–H and O–H groups in total. The van der Waals surface area contributed by atoms with Gasteiger partial charge in [-0.05, 0) is 37.5 Å². The Kier molecular flexibility index (Phi) is 2.35. The number of hydrogen-bond donors (Lipinski definition) is 1. The molecule has 1 aliphatic heterocycles. The van der Waals surface area contributed by atoms with E-state index in [2.05, 4.69) is 31.0 Å². The number of hydrogen-bond acceptors (Lipinski definition) is 2. The van der Waals surface area contributed by atoms with E-state index < -0.39 is 0 Å². The first-order valence-corrected chi connectivity index (χ1v) is 7.03. The van der Waals surface area contributed by atoms with Gasteiger partial charge in [0, 0.05) is 6.54 Å². The van der Waals surface area contributed by atoms with Crippen molar-refractivity contribution in [2.75, 3.05) is 6.54 Å². The summed E-state index contributed by atoms with van der Waals surface area (Å²) in [7, 11) is 0. The van der Waals surface area contributed by atoms with Gasteiger partial charge >= 0.3 is 0 Å². The van der Waals surface area contributed by atoms with Crippen molar-refractivity contribution in [1.29, 1.82) is 0 Å². The molecule has 96 valence electrons. The number of nitrogens with one attached hydrogen (secondary N) is 1. The largest absolute Gasteiger partial charge is 0.326 e. The van der Waals surface area contributed by atoms with Crippen LogP contribution in [0, 0.1) is 11.3 Å². The van der Waals surface area contributed by atoms with E-state index in [4.69, 9.17) is 0 Å². The van der Waals surface area contributed by atoms with Crippen LogP contribution in [0.2, 0.25) is 0 Å². The summed E-state index contributed by atoms with van der Waals surface area (Å²) in [4.78, 5) is 14.7. The molecular weight excluding hydrogens is 212 g/mol. The Labute approximate surface area is 104 Å². The Morgan fingerprint density at radius 3 is 2.47 bits per heavy atom. The smallest absolute Gasteiger partial charge is 0.244 e. The second kappa shape index (κ2) is 3.47. The van der Waals surface area contributed by atoms with E-state index in [1.165, 1.54) is 19.3 Å². The van der Waals surface area contributed by atoms with Gasteiger partial charge in [0.15, 0.2) is 0 Å². The summed E-state index contributed by atoms with van der Waals surface area (Å²) in [6, 6.07) is 0. The van der Waals surface area contributed by atoms with Crippen LogP contribution in [-0.4, -0.2) is 29.1 Å². The Morgan fingerprint density at radius 2 is 1.94 bits per heavy atom. The number of rotatable bonds is 2. The maximum atomic E-state index is 12.6. The average Bonchev–Trinajstić information content (AvgIpc) is 2.64. The molecule has 3 nitrogen and oxygen atoms in total. The van der Waals surface area contributed by atoms with E-state index in [0.717, 1.165) is 19.4 Å². The van der Waals surface area contributed by atoms with Crippen LogP contribution >= 0.6 is 0 Å². The Balaban J connectivity index is 1.71. The van der Waals surface area contributed by atoms with Gasteiger partial charge in [-0.15, -0.1) is 0 Å². The van der Waals surface area contributed by atoms with Crippen LogP contribution in [-0.2, 0) is 4.79 Å². The van der Waals surface area contributed by atoms with Gasteiger partial charge in [0.1, 0.15) is 0 Å². The van der Waals surface area contributed by atoms with Crippen molar-refractivity contribution in [2.45, 2.75) is 64.6 Å². The number of nitrogens with zero attached hydrogens (tertiary/aromatic N) is 1. The molecule has 0 aromatic rings. The lowest BCUT2D eigenvalue weighted by molar-refractivity contribution is -0.133. The van der Waals surface area contributed by atoms with Crippen molar-refractivity contribution in [3.63, 3.8) is 0 Å². The molecule has 0 bridgehead atoms. The van der Waals surface area contributed by atoms with Crippen molar-refractivity contribution in [3.05, 3.63) is 0 Å². The number of carbonyl (C=O) groups is 1. The molecule has 1 amide bonds. The highest BCUT2D eigenvalue weighted by Crippen LogP contribution is 2.52. The van der Waals surface area contributed by atoms with E-state index in [1.54, 1.807) is 0 Å². The third kappa shape index (κ3) is 1.70. The highest BCUT2D eigenvalue weighted by atomic mass is 16.2. The van der Waals surface area contributed by atoms with Gasteiger partial charge in [-0.1, -0.05) is 26.7 Å². The molecule has 3 aliphatic rings. The molecule has 3 rings (SSSR count). The number of carbonyl (C=O) groups excluding carboxylic acids is 1. The zero-order valence-electron chi connectivity index (χ0n) is 11.3. The van der Waals surface area contributed by atoms with Crippen LogP contribution in [0.5, 0.6) is 0 Å². The lowest BCUT2D eigenvalue weighted by Gasteiger charge is -2.22. The predicted octanol–water partition coefficient (Wildman–Crippen LogP) is 2.12. The van der Waals surface area contributed by atoms with Gasteiger partial charge in [0.25, 0.3) is 0 Å². The maximum Gasteiger partial charge on any atom is 0.244 e. The Morgan fingerprint density at radius 1 is 1.35 bits per heavy atom. The predicted molar refractivity (Wildman–Crippen MR) is 67.4 cm³/mol. The molecule has 2 saturated carbocycles. The molecular formula is C14H24N2O. The first kappa shape index (κ1) is 11.5. The molecule has 0 aromatic carbocycles. The summed E-state index contributed by atoms with van der Waals surface area (Å²) in [6.07, 6.45) is 6.00. The van der Waals surface area contributed by atoms with Gasteiger partial charge < -0.3 is 4.90 Å². The molecule has 0 radical (unpaired) electrons. The van der Waals surface area contributed by atoms with Crippen LogP contribution in [0.3, 0.4) is 0 Å². The summed E-state index contributed by atoms with van der Waals surface area (Å²) in [5.74, 6) is 1.09. The zero-order chi connectivity index (χ0) is 12.3. The minimum absolute atomic E-state index is 0.182. The molecule has 1 heterocycles. The standard InChI is InChI=1S/C14H24N2O/c1-10-15-14(6-4-5-7-14)12(17)16(10)9-11-8-13(11,2)3/h10-11,15H,4-9H2,1-3H3. The molecule has 17 heavy (non-hydrogen) atoms. The van der Waals surface area contributed by atoms with Crippen molar-refractivity contribution < 1.29 is 4.79 Å². The second-order valence-corrected chi connectivity index (χ2v) is 6.96. The molecule has 2 aliphatic carbocycles. The summed E-state index contributed by atoms with van der Waals surface area (Å²) < 4.78 is 0. The van der Waals surface area contributed by atoms with Crippen LogP contribution in [0.15, 0.2) is 0 Å². The molecule has 2 unspecified atom stereocenters. The molecule has 2 atom stereocenters. The molecule has 3 fully saturated rings. The molecule has 1 saturated heterocycles. The van der Waals surface area contributed by atoms with Gasteiger partial charge in [-0.25, -0.2) is 0 Å². The van der Waals surface area contributed by atoms with E-state index in [0.29, 0.717) is 17.2 Å². The van der Waals surface area contributed by atoms with Gasteiger partial charge in [0.05, 0.1) is 11.7 Å². The van der Waals surface area contributed by atoms with Crippen LogP contribution in [0.4, 0.5) is 0 Å². The molecule has 0 aromatic heterocycles. The van der Waals surface area contributed by atoms with Crippen molar-refractivity contribution >= 4 is 5.91 Å². The van der Waals surface area contributed by atoms with Crippen molar-refractivity contribution in [1.82, 2.24) is 10.2 Å². The summed E-state index contributed by atoms with van der Waals surface area (Å²) in [6.45, 7) is 7.71. The quantitative estimate of drug-likeness (QED) is 0.796. The first-order valence-electron chi connectivity index (χ1n) is 7.03. The maximum absolute atomic E-state index is 12.6. The fourth-order valence-electron chi connectivity index (χ4n) is 3.69. The van der Waals surface area contributed by atoms with E-state index in [-0.39, 0.29) is 11.7 Å². The normalized spacial score (nSPS) is 38.1.